The van der Waals surface area contributed by atoms with Gasteiger partial charge in [0.15, 0.2) is 0 Å². The summed E-state index contributed by atoms with van der Waals surface area (Å²) in [4.78, 5) is 27.6. The molecule has 3 rings (SSSR count). The lowest BCUT2D eigenvalue weighted by Crippen LogP contribution is -2.38. The summed E-state index contributed by atoms with van der Waals surface area (Å²) >= 11 is 0. The second-order valence-electron chi connectivity index (χ2n) is 6.66. The van der Waals surface area contributed by atoms with Crippen molar-refractivity contribution in [3.05, 3.63) is 23.8 Å². The average Bonchev–Trinajstić information content (AvgIpc) is 2.51. The van der Waals surface area contributed by atoms with Gasteiger partial charge >= 0.3 is 6.03 Å². The van der Waals surface area contributed by atoms with E-state index in [1.54, 1.807) is 11.9 Å². The molecule has 0 aliphatic carbocycles. The van der Waals surface area contributed by atoms with Crippen molar-refractivity contribution in [2.75, 3.05) is 37.3 Å². The molecule has 6 nitrogen and oxygen atoms in total. The first-order valence-corrected chi connectivity index (χ1v) is 8.18. The number of hydrogen-bond acceptors (Lipinski definition) is 3. The first-order chi connectivity index (χ1) is 11.0. The summed E-state index contributed by atoms with van der Waals surface area (Å²) in [5, 5.41) is 5.79. The molecule has 1 aromatic rings. The summed E-state index contributed by atoms with van der Waals surface area (Å²) in [6, 6.07) is 5.51. The van der Waals surface area contributed by atoms with E-state index in [9.17, 15) is 9.59 Å². The second-order valence-corrected chi connectivity index (χ2v) is 6.66. The van der Waals surface area contributed by atoms with E-state index in [2.05, 4.69) is 22.5 Å². The number of urea groups is 1. The number of nitrogens with one attached hydrogen (secondary N) is 2. The number of likely N-dealkylation sites (tertiary alicyclic amines) is 1. The zero-order valence-corrected chi connectivity index (χ0v) is 13.8. The number of fused-ring (bicyclic) bond motifs is 1. The molecule has 1 saturated heterocycles. The lowest BCUT2D eigenvalue weighted by molar-refractivity contribution is -0.117. The first kappa shape index (κ1) is 15.8. The van der Waals surface area contributed by atoms with E-state index in [0.717, 1.165) is 48.8 Å². The third kappa shape index (κ3) is 3.82. The summed E-state index contributed by atoms with van der Waals surface area (Å²) in [7, 11) is 1.75. The van der Waals surface area contributed by atoms with Crippen molar-refractivity contribution in [1.82, 2.24) is 9.80 Å². The molecular weight excluding hydrogens is 292 g/mol. The van der Waals surface area contributed by atoms with Crippen LogP contribution in [0, 0.1) is 5.92 Å². The van der Waals surface area contributed by atoms with Crippen LogP contribution >= 0.6 is 0 Å². The number of carbonyl (C=O) groups excluding carboxylic acids is 2. The van der Waals surface area contributed by atoms with Gasteiger partial charge in [0, 0.05) is 25.0 Å². The van der Waals surface area contributed by atoms with Gasteiger partial charge in [0.05, 0.1) is 6.54 Å². The normalized spacial score (nSPS) is 19.2. The van der Waals surface area contributed by atoms with Gasteiger partial charge in [-0.05, 0) is 55.6 Å². The maximum atomic E-state index is 12.2. The van der Waals surface area contributed by atoms with E-state index >= 15 is 0 Å². The number of rotatable bonds is 3. The third-order valence-electron chi connectivity index (χ3n) is 4.63. The van der Waals surface area contributed by atoms with Gasteiger partial charge in [-0.1, -0.05) is 6.92 Å². The van der Waals surface area contributed by atoms with Crippen LogP contribution in [0.25, 0.3) is 0 Å². The number of nitrogens with zero attached hydrogens (tertiary/aromatic N) is 2. The molecule has 0 bridgehead atoms. The Morgan fingerprint density at radius 1 is 1.35 bits per heavy atom. The number of benzene rings is 1. The highest BCUT2D eigenvalue weighted by Crippen LogP contribution is 2.25. The topological polar surface area (TPSA) is 64.7 Å². The van der Waals surface area contributed by atoms with Crippen LogP contribution in [0.5, 0.6) is 0 Å². The fraction of sp³-hybridized carbons (Fsp3) is 0.529. The van der Waals surface area contributed by atoms with Gasteiger partial charge in [0.1, 0.15) is 0 Å². The molecule has 0 saturated carbocycles. The molecule has 0 atom stereocenters. The molecule has 3 amide bonds. The van der Waals surface area contributed by atoms with Crippen LogP contribution in [0.1, 0.15) is 25.3 Å². The minimum Gasteiger partial charge on any atom is -0.325 e. The summed E-state index contributed by atoms with van der Waals surface area (Å²) in [5.74, 6) is 0.787. The Morgan fingerprint density at radius 2 is 2.09 bits per heavy atom. The van der Waals surface area contributed by atoms with Crippen molar-refractivity contribution in [3.63, 3.8) is 0 Å². The third-order valence-corrected chi connectivity index (χ3v) is 4.63. The molecule has 2 aliphatic heterocycles. The van der Waals surface area contributed by atoms with E-state index < -0.39 is 0 Å². The average molecular weight is 316 g/mol. The predicted octanol–water partition coefficient (Wildman–Crippen LogP) is 2.33. The maximum Gasteiger partial charge on any atom is 0.321 e. The lowest BCUT2D eigenvalue weighted by Gasteiger charge is -2.29. The van der Waals surface area contributed by atoms with Crippen molar-refractivity contribution in [3.8, 4) is 0 Å². The Hall–Kier alpha value is -2.08. The Bertz CT molecular complexity index is 609. The van der Waals surface area contributed by atoms with E-state index in [1.165, 1.54) is 0 Å². The summed E-state index contributed by atoms with van der Waals surface area (Å²) < 4.78 is 0. The van der Waals surface area contributed by atoms with Gasteiger partial charge < -0.3 is 15.5 Å². The lowest BCUT2D eigenvalue weighted by atomic mass is 9.99. The molecular formula is C17H24N4O2. The molecule has 0 radical (unpaired) electrons. The van der Waals surface area contributed by atoms with E-state index in [4.69, 9.17) is 0 Å². The Labute approximate surface area is 136 Å². The maximum absolute atomic E-state index is 12.2. The van der Waals surface area contributed by atoms with Gasteiger partial charge in [-0.3, -0.25) is 9.69 Å². The Morgan fingerprint density at radius 3 is 2.83 bits per heavy atom. The number of piperidine rings is 1. The fourth-order valence-corrected chi connectivity index (χ4v) is 3.09. The fourth-order valence-electron chi connectivity index (χ4n) is 3.09. The second kappa shape index (κ2) is 6.58. The molecule has 1 fully saturated rings. The van der Waals surface area contributed by atoms with Crippen LogP contribution in [0.15, 0.2) is 18.2 Å². The van der Waals surface area contributed by atoms with Crippen molar-refractivity contribution >= 4 is 23.3 Å². The molecule has 6 heteroatoms. The smallest absolute Gasteiger partial charge is 0.321 e. The number of amides is 3. The number of anilines is 2. The molecule has 0 unspecified atom stereocenters. The number of carbonyl (C=O) groups is 2. The molecule has 0 aromatic heterocycles. The van der Waals surface area contributed by atoms with Crippen LogP contribution in [-0.4, -0.2) is 48.4 Å². The molecule has 23 heavy (non-hydrogen) atoms. The molecule has 0 spiro atoms. The number of hydrogen-bond donors (Lipinski definition) is 2. The van der Waals surface area contributed by atoms with Gasteiger partial charge in [-0.2, -0.15) is 0 Å². The van der Waals surface area contributed by atoms with Crippen molar-refractivity contribution in [2.24, 2.45) is 5.92 Å². The van der Waals surface area contributed by atoms with Gasteiger partial charge in [-0.25, -0.2) is 4.79 Å². The zero-order chi connectivity index (χ0) is 16.4. The molecule has 2 N–H and O–H groups in total. The van der Waals surface area contributed by atoms with Crippen LogP contribution < -0.4 is 10.6 Å². The Kier molecular flexibility index (Phi) is 4.52. The minimum absolute atomic E-state index is 0.0210. The van der Waals surface area contributed by atoms with Crippen LogP contribution in [0.4, 0.5) is 16.2 Å². The first-order valence-electron chi connectivity index (χ1n) is 8.18. The monoisotopic (exact) mass is 316 g/mol. The SMILES string of the molecule is CC1CCN(CC(=O)Nc2ccc3c(c2)CN(C)C(=O)N3)CC1. The summed E-state index contributed by atoms with van der Waals surface area (Å²) in [6.07, 6.45) is 2.33. The Balaban J connectivity index is 1.59. The molecule has 1 aromatic carbocycles. The van der Waals surface area contributed by atoms with Crippen molar-refractivity contribution in [2.45, 2.75) is 26.3 Å². The molecule has 124 valence electrons. The van der Waals surface area contributed by atoms with E-state index in [1.807, 2.05) is 18.2 Å². The zero-order valence-electron chi connectivity index (χ0n) is 13.8. The standard InChI is InChI=1S/C17H24N4O2/c1-12-5-7-21(8-6-12)11-16(22)18-14-3-4-15-13(9-14)10-20(2)17(23)19-15/h3-4,9,12H,5-8,10-11H2,1-2H3,(H,18,22)(H,19,23). The van der Waals surface area contributed by atoms with Crippen LogP contribution in [0.3, 0.4) is 0 Å². The highest BCUT2D eigenvalue weighted by atomic mass is 16.2. The van der Waals surface area contributed by atoms with Crippen LogP contribution in [0.2, 0.25) is 0 Å². The summed E-state index contributed by atoms with van der Waals surface area (Å²) in [6.45, 7) is 5.25. The summed E-state index contributed by atoms with van der Waals surface area (Å²) in [5.41, 5.74) is 2.61. The quantitative estimate of drug-likeness (QED) is 0.899. The minimum atomic E-state index is -0.103. The van der Waals surface area contributed by atoms with E-state index in [0.29, 0.717) is 13.1 Å². The van der Waals surface area contributed by atoms with Crippen molar-refractivity contribution in [1.29, 1.82) is 0 Å². The molecule has 2 aliphatic rings. The predicted molar refractivity (Wildman–Crippen MR) is 90.4 cm³/mol. The molecule has 2 heterocycles. The van der Waals surface area contributed by atoms with E-state index in [-0.39, 0.29) is 11.9 Å². The highest BCUT2D eigenvalue weighted by Gasteiger charge is 2.20. The highest BCUT2D eigenvalue weighted by molar-refractivity contribution is 5.95. The largest absolute Gasteiger partial charge is 0.325 e. The van der Waals surface area contributed by atoms with Gasteiger partial charge in [-0.15, -0.1) is 0 Å². The van der Waals surface area contributed by atoms with Gasteiger partial charge in [0.25, 0.3) is 0 Å². The van der Waals surface area contributed by atoms with Crippen molar-refractivity contribution < 1.29 is 9.59 Å². The van der Waals surface area contributed by atoms with Crippen LogP contribution in [-0.2, 0) is 11.3 Å². The van der Waals surface area contributed by atoms with Gasteiger partial charge in [0.2, 0.25) is 5.91 Å².